The topological polar surface area (TPSA) is 48.3 Å². The summed E-state index contributed by atoms with van der Waals surface area (Å²) in [5, 5.41) is 9.92. The summed E-state index contributed by atoms with van der Waals surface area (Å²) in [6.07, 6.45) is 8.84. The van der Waals surface area contributed by atoms with Gasteiger partial charge in [-0.2, -0.15) is 0 Å². The number of allylic oxidation sites excluding steroid dienone is 3. The number of piperazine rings is 1. The summed E-state index contributed by atoms with van der Waals surface area (Å²) in [4.78, 5) is 11.3. The Kier molecular flexibility index (Phi) is 6.19. The first-order chi connectivity index (χ1) is 13.4. The van der Waals surface area contributed by atoms with Crippen LogP contribution in [-0.4, -0.2) is 73.2 Å². The Morgan fingerprint density at radius 2 is 1.93 bits per heavy atom. The van der Waals surface area contributed by atoms with Crippen molar-refractivity contribution < 1.29 is 9.84 Å². The van der Waals surface area contributed by atoms with E-state index in [4.69, 9.17) is 14.8 Å². The van der Waals surface area contributed by atoms with Gasteiger partial charge in [0.05, 0.1) is 25.2 Å². The Balaban J connectivity index is 1.53. The molecule has 3 aliphatic rings. The standard InChI is InChI=1S/C21H27N3O2S/c25-14-16-26-15-13-23-9-11-24(12-10-23)21-20-8-2-1-5-17-27(20)19-7-4-3-6-18(19)22-21/h1-8,25H,9-17H2. The van der Waals surface area contributed by atoms with E-state index in [1.54, 1.807) is 0 Å². The van der Waals surface area contributed by atoms with Crippen molar-refractivity contribution in [3.05, 3.63) is 69.2 Å². The van der Waals surface area contributed by atoms with Crippen molar-refractivity contribution >= 4 is 10.5 Å². The first kappa shape index (κ1) is 18.6. The van der Waals surface area contributed by atoms with Gasteiger partial charge in [-0.05, 0) is 18.2 Å². The van der Waals surface area contributed by atoms with Crippen LogP contribution in [0.4, 0.5) is 0 Å². The number of hydrogen-bond donors (Lipinski definition) is 1. The molecule has 1 aromatic rings. The van der Waals surface area contributed by atoms with Gasteiger partial charge >= 0.3 is 0 Å². The molecule has 5 nitrogen and oxygen atoms in total. The van der Waals surface area contributed by atoms with E-state index in [1.165, 1.54) is 9.42 Å². The van der Waals surface area contributed by atoms with Crippen LogP contribution in [0, 0.1) is 4.51 Å². The fourth-order valence-corrected chi connectivity index (χ4v) is 5.78. The third kappa shape index (κ3) is 4.24. The van der Waals surface area contributed by atoms with E-state index in [0.717, 1.165) is 49.7 Å². The van der Waals surface area contributed by atoms with Crippen molar-refractivity contribution in [2.24, 2.45) is 4.99 Å². The highest BCUT2D eigenvalue weighted by Crippen LogP contribution is 2.36. The largest absolute Gasteiger partial charge is 0.394 e. The molecule has 144 valence electrons. The normalized spacial score (nSPS) is 22.3. The minimum absolute atomic E-state index is 0.0707. The fourth-order valence-electron chi connectivity index (χ4n) is 3.64. The lowest BCUT2D eigenvalue weighted by atomic mass is 10.3. The molecule has 3 aliphatic heterocycles. The van der Waals surface area contributed by atoms with E-state index in [-0.39, 0.29) is 17.1 Å². The second kappa shape index (κ2) is 8.97. The Bertz CT molecular complexity index is 883. The molecule has 1 unspecified atom stereocenters. The highest BCUT2D eigenvalue weighted by Gasteiger charge is 2.23. The average molecular weight is 386 g/mol. The molecule has 3 heterocycles. The number of fused-ring (bicyclic) bond motifs is 2. The van der Waals surface area contributed by atoms with Gasteiger partial charge in [-0.3, -0.25) is 4.90 Å². The third-order valence-corrected chi connectivity index (χ3v) is 7.31. The summed E-state index contributed by atoms with van der Waals surface area (Å²) in [6.45, 7) is 6.15. The number of nitrogens with zero attached hydrogens (tertiary/aromatic N) is 3. The maximum Gasteiger partial charge on any atom is 0.142 e. The van der Waals surface area contributed by atoms with Crippen LogP contribution in [0.15, 0.2) is 64.3 Å². The third-order valence-electron chi connectivity index (χ3n) is 5.06. The second-order valence-electron chi connectivity index (χ2n) is 6.78. The van der Waals surface area contributed by atoms with Crippen LogP contribution in [0.5, 0.6) is 0 Å². The van der Waals surface area contributed by atoms with E-state index in [2.05, 4.69) is 58.4 Å². The molecular formula is C21H27N3O2S. The zero-order valence-corrected chi connectivity index (χ0v) is 16.4. The van der Waals surface area contributed by atoms with Gasteiger partial charge in [-0.1, -0.05) is 30.4 Å². The van der Waals surface area contributed by atoms with Crippen LogP contribution >= 0.6 is 10.5 Å². The van der Waals surface area contributed by atoms with Gasteiger partial charge in [0.2, 0.25) is 0 Å². The molecule has 1 saturated heterocycles. The molecule has 27 heavy (non-hydrogen) atoms. The van der Waals surface area contributed by atoms with Crippen molar-refractivity contribution in [1.82, 2.24) is 9.80 Å². The first-order valence-electron chi connectivity index (χ1n) is 9.62. The molecule has 0 aromatic heterocycles. The van der Waals surface area contributed by atoms with Crippen molar-refractivity contribution in [3.63, 3.8) is 0 Å². The molecule has 0 bridgehead atoms. The van der Waals surface area contributed by atoms with Crippen molar-refractivity contribution in [1.29, 1.82) is 0 Å². The molecule has 1 aromatic carbocycles. The molecule has 0 radical (unpaired) electrons. The van der Waals surface area contributed by atoms with Crippen molar-refractivity contribution in [2.75, 3.05) is 58.3 Å². The Hall–Kier alpha value is -1.73. The summed E-state index contributed by atoms with van der Waals surface area (Å²) >= 11 is 0. The highest BCUT2D eigenvalue weighted by molar-refractivity contribution is 8.13. The average Bonchev–Trinajstić information content (AvgIpc) is 2.97. The quantitative estimate of drug-likeness (QED) is 0.599. The van der Waals surface area contributed by atoms with Crippen LogP contribution in [0.3, 0.4) is 0 Å². The van der Waals surface area contributed by atoms with Crippen LogP contribution in [0.2, 0.25) is 0 Å². The first-order valence-corrected chi connectivity index (χ1v) is 11.0. The smallest absolute Gasteiger partial charge is 0.142 e. The molecule has 0 amide bonds. The number of aliphatic hydroxyl groups excluding tert-OH is 1. The van der Waals surface area contributed by atoms with E-state index < -0.39 is 0 Å². The van der Waals surface area contributed by atoms with Crippen molar-refractivity contribution in [3.8, 4) is 0 Å². The molecule has 1 atom stereocenters. The molecular weight excluding hydrogens is 358 g/mol. The summed E-state index contributed by atoms with van der Waals surface area (Å²) in [7, 11) is 0.0707. The molecule has 6 heteroatoms. The zero-order valence-electron chi connectivity index (χ0n) is 15.6. The predicted molar refractivity (Wildman–Crippen MR) is 110 cm³/mol. The lowest BCUT2D eigenvalue weighted by Crippen LogP contribution is -2.47. The van der Waals surface area contributed by atoms with E-state index >= 15 is 0 Å². The SMILES string of the molecule is OCCOCCN1CCN(C2=C3C=CC=CCS3=c3ccccc3=N2)CC1. The highest BCUT2D eigenvalue weighted by atomic mass is 32.2. The van der Waals surface area contributed by atoms with Crippen LogP contribution < -0.4 is 5.36 Å². The summed E-state index contributed by atoms with van der Waals surface area (Å²) in [6, 6.07) is 8.59. The molecule has 4 rings (SSSR count). The van der Waals surface area contributed by atoms with Crippen LogP contribution in [-0.2, 0) is 4.74 Å². The molecule has 0 saturated carbocycles. The van der Waals surface area contributed by atoms with E-state index in [9.17, 15) is 0 Å². The van der Waals surface area contributed by atoms with Gasteiger partial charge in [0, 0.05) is 47.9 Å². The van der Waals surface area contributed by atoms with Gasteiger partial charge in [-0.25, -0.2) is 4.99 Å². The Labute approximate surface area is 162 Å². The van der Waals surface area contributed by atoms with Crippen LogP contribution in [0.1, 0.15) is 0 Å². The van der Waals surface area contributed by atoms with Gasteiger partial charge in [0.25, 0.3) is 0 Å². The van der Waals surface area contributed by atoms with E-state index in [1.807, 2.05) is 0 Å². The van der Waals surface area contributed by atoms with Gasteiger partial charge in [0.15, 0.2) is 0 Å². The lowest BCUT2D eigenvalue weighted by molar-refractivity contribution is 0.0619. The number of benzene rings is 1. The lowest BCUT2D eigenvalue weighted by Gasteiger charge is -2.37. The minimum Gasteiger partial charge on any atom is -0.394 e. The zero-order chi connectivity index (χ0) is 18.5. The molecule has 1 fully saturated rings. The molecule has 0 aliphatic carbocycles. The predicted octanol–water partition coefficient (Wildman–Crippen LogP) is 1.76. The number of para-hydroxylation sites is 1. The maximum atomic E-state index is 8.80. The van der Waals surface area contributed by atoms with Crippen LogP contribution in [0.25, 0.3) is 0 Å². The van der Waals surface area contributed by atoms with E-state index in [0.29, 0.717) is 13.2 Å². The number of hydrogen-bond acceptors (Lipinski definition) is 5. The second-order valence-corrected chi connectivity index (χ2v) is 8.77. The molecule has 1 N–H and O–H groups in total. The fraction of sp³-hybridized carbons (Fsp3) is 0.429. The van der Waals surface area contributed by atoms with Gasteiger partial charge in [-0.15, -0.1) is 10.5 Å². The minimum atomic E-state index is 0.0707. The number of ether oxygens (including phenoxy) is 1. The maximum absolute atomic E-state index is 8.80. The summed E-state index contributed by atoms with van der Waals surface area (Å²) in [5.74, 6) is 2.22. The summed E-state index contributed by atoms with van der Waals surface area (Å²) in [5.41, 5.74) is 0. The number of aliphatic hydroxyl groups is 1. The van der Waals surface area contributed by atoms with Gasteiger partial charge < -0.3 is 14.7 Å². The number of rotatable bonds is 6. The summed E-state index contributed by atoms with van der Waals surface area (Å²) < 4.78 is 6.77. The monoisotopic (exact) mass is 385 g/mol. The Morgan fingerprint density at radius 1 is 1.07 bits per heavy atom. The van der Waals surface area contributed by atoms with Gasteiger partial charge in [0.1, 0.15) is 5.82 Å². The van der Waals surface area contributed by atoms with Crippen molar-refractivity contribution in [2.45, 2.75) is 0 Å². The molecule has 0 spiro atoms. The Morgan fingerprint density at radius 3 is 2.78 bits per heavy atom.